The molecule has 1 N–H and O–H groups in total. The second-order valence-electron chi connectivity index (χ2n) is 5.00. The van der Waals surface area contributed by atoms with Crippen molar-refractivity contribution in [3.05, 3.63) is 59.2 Å². The zero-order valence-corrected chi connectivity index (χ0v) is 11.4. The zero-order valence-electron chi connectivity index (χ0n) is 11.4. The fourth-order valence-electron chi connectivity index (χ4n) is 2.42. The highest BCUT2D eigenvalue weighted by molar-refractivity contribution is 5.85. The Balaban J connectivity index is 1.99. The number of aromatic nitrogens is 1. The molecule has 0 fully saturated rings. The molecule has 0 aliphatic heterocycles. The lowest BCUT2D eigenvalue weighted by Crippen LogP contribution is -1.98. The van der Waals surface area contributed by atoms with Crippen LogP contribution in [0.25, 0.3) is 10.9 Å². The van der Waals surface area contributed by atoms with Gasteiger partial charge in [-0.15, -0.1) is 0 Å². The smallest absolute Gasteiger partial charge is 0.371 e. The van der Waals surface area contributed by atoms with Crippen LogP contribution in [-0.4, -0.2) is 15.6 Å². The maximum atomic E-state index is 10.9. The number of nitrogens with zero attached hydrogens (tertiary/aromatic N) is 1. The Morgan fingerprint density at radius 1 is 1.25 bits per heavy atom. The minimum atomic E-state index is -1.03. The summed E-state index contributed by atoms with van der Waals surface area (Å²) in [7, 11) is 0. The molecular formula is C16H15NO3. The van der Waals surface area contributed by atoms with Gasteiger partial charge in [-0.05, 0) is 43.5 Å². The molecule has 3 rings (SSSR count). The topological polar surface area (TPSA) is 55.4 Å². The Morgan fingerprint density at radius 2 is 2.05 bits per heavy atom. The summed E-state index contributed by atoms with van der Waals surface area (Å²) in [5, 5.41) is 10.1. The molecule has 1 aromatic carbocycles. The van der Waals surface area contributed by atoms with Gasteiger partial charge in [0.05, 0.1) is 6.54 Å². The first kappa shape index (κ1) is 12.5. The van der Waals surface area contributed by atoms with E-state index in [-0.39, 0.29) is 5.76 Å². The molecule has 0 atom stereocenters. The summed E-state index contributed by atoms with van der Waals surface area (Å²) in [5.74, 6) is -0.395. The van der Waals surface area contributed by atoms with Crippen LogP contribution in [0.3, 0.4) is 0 Å². The molecule has 0 radical (unpaired) electrons. The van der Waals surface area contributed by atoms with Crippen molar-refractivity contribution in [2.75, 3.05) is 0 Å². The molecule has 2 aromatic heterocycles. The number of furan rings is 1. The SMILES string of the molecule is Cc1ccc2c(ccn2Cc2cc(C(=O)O)oc2C)c1. The summed E-state index contributed by atoms with van der Waals surface area (Å²) < 4.78 is 7.34. The van der Waals surface area contributed by atoms with E-state index in [2.05, 4.69) is 35.8 Å². The highest BCUT2D eigenvalue weighted by atomic mass is 16.4. The van der Waals surface area contributed by atoms with Crippen LogP contribution >= 0.6 is 0 Å². The lowest BCUT2D eigenvalue weighted by Gasteiger charge is -2.04. The summed E-state index contributed by atoms with van der Waals surface area (Å²) in [6.45, 7) is 4.46. The van der Waals surface area contributed by atoms with Crippen LogP contribution in [0.4, 0.5) is 0 Å². The first-order chi connectivity index (χ1) is 9.54. The molecule has 3 aromatic rings. The number of benzene rings is 1. The van der Waals surface area contributed by atoms with Crippen LogP contribution in [-0.2, 0) is 6.54 Å². The number of aryl methyl sites for hydroxylation is 2. The van der Waals surface area contributed by atoms with Crippen molar-refractivity contribution in [1.29, 1.82) is 0 Å². The van der Waals surface area contributed by atoms with Gasteiger partial charge in [0.15, 0.2) is 0 Å². The molecule has 0 aliphatic rings. The van der Waals surface area contributed by atoms with Gasteiger partial charge < -0.3 is 14.1 Å². The standard InChI is InChI=1S/C16H15NO3/c1-10-3-4-14-12(7-10)5-6-17(14)9-13-8-15(16(18)19)20-11(13)2/h3-8H,9H2,1-2H3,(H,18,19). The predicted molar refractivity (Wildman–Crippen MR) is 76.2 cm³/mol. The van der Waals surface area contributed by atoms with Gasteiger partial charge in [0.2, 0.25) is 5.76 Å². The summed E-state index contributed by atoms with van der Waals surface area (Å²) in [5.41, 5.74) is 3.25. The number of aromatic carboxylic acids is 1. The number of rotatable bonds is 3. The third-order valence-corrected chi connectivity index (χ3v) is 3.50. The summed E-state index contributed by atoms with van der Waals surface area (Å²) in [6.07, 6.45) is 2.01. The number of carboxylic acid groups (broad SMARTS) is 1. The van der Waals surface area contributed by atoms with E-state index in [1.54, 1.807) is 13.0 Å². The van der Waals surface area contributed by atoms with Crippen molar-refractivity contribution in [1.82, 2.24) is 4.57 Å². The number of hydrogen-bond donors (Lipinski definition) is 1. The summed E-state index contributed by atoms with van der Waals surface area (Å²) in [6, 6.07) is 9.95. The lowest BCUT2D eigenvalue weighted by molar-refractivity contribution is 0.0661. The third-order valence-electron chi connectivity index (χ3n) is 3.50. The number of carboxylic acids is 1. The highest BCUT2D eigenvalue weighted by Crippen LogP contribution is 2.21. The van der Waals surface area contributed by atoms with E-state index < -0.39 is 5.97 Å². The van der Waals surface area contributed by atoms with E-state index in [4.69, 9.17) is 9.52 Å². The lowest BCUT2D eigenvalue weighted by atomic mass is 10.2. The van der Waals surface area contributed by atoms with Crippen LogP contribution < -0.4 is 0 Å². The molecular weight excluding hydrogens is 254 g/mol. The van der Waals surface area contributed by atoms with Crippen molar-refractivity contribution >= 4 is 16.9 Å². The van der Waals surface area contributed by atoms with Crippen LogP contribution in [0.2, 0.25) is 0 Å². The molecule has 2 heterocycles. The van der Waals surface area contributed by atoms with E-state index >= 15 is 0 Å². The molecule has 0 aliphatic carbocycles. The third kappa shape index (κ3) is 2.09. The molecule has 102 valence electrons. The molecule has 0 amide bonds. The van der Waals surface area contributed by atoms with Crippen molar-refractivity contribution in [2.45, 2.75) is 20.4 Å². The molecule has 0 saturated heterocycles. The van der Waals surface area contributed by atoms with Gasteiger partial charge in [-0.1, -0.05) is 11.6 Å². The van der Waals surface area contributed by atoms with Crippen LogP contribution in [0.15, 0.2) is 40.9 Å². The Morgan fingerprint density at radius 3 is 2.75 bits per heavy atom. The molecule has 0 unspecified atom stereocenters. The average Bonchev–Trinajstić information content (AvgIpc) is 2.95. The Hall–Kier alpha value is -2.49. The molecule has 0 spiro atoms. The van der Waals surface area contributed by atoms with E-state index in [1.165, 1.54) is 10.9 Å². The van der Waals surface area contributed by atoms with Gasteiger partial charge >= 0.3 is 5.97 Å². The van der Waals surface area contributed by atoms with E-state index in [1.807, 2.05) is 6.20 Å². The largest absolute Gasteiger partial charge is 0.475 e. The number of fused-ring (bicyclic) bond motifs is 1. The van der Waals surface area contributed by atoms with Crippen LogP contribution in [0.1, 0.15) is 27.4 Å². The van der Waals surface area contributed by atoms with E-state index in [0.29, 0.717) is 12.3 Å². The second kappa shape index (κ2) is 4.56. The van der Waals surface area contributed by atoms with Crippen molar-refractivity contribution in [3.63, 3.8) is 0 Å². The normalized spacial score (nSPS) is 11.1. The van der Waals surface area contributed by atoms with Crippen molar-refractivity contribution < 1.29 is 14.3 Å². The van der Waals surface area contributed by atoms with E-state index in [9.17, 15) is 4.79 Å². The van der Waals surface area contributed by atoms with Gasteiger partial charge in [-0.3, -0.25) is 0 Å². The zero-order chi connectivity index (χ0) is 14.3. The first-order valence-corrected chi connectivity index (χ1v) is 6.42. The van der Waals surface area contributed by atoms with Crippen LogP contribution in [0.5, 0.6) is 0 Å². The maximum Gasteiger partial charge on any atom is 0.371 e. The van der Waals surface area contributed by atoms with Crippen molar-refractivity contribution in [3.8, 4) is 0 Å². The fraction of sp³-hybridized carbons (Fsp3) is 0.188. The molecule has 4 heteroatoms. The average molecular weight is 269 g/mol. The quantitative estimate of drug-likeness (QED) is 0.790. The van der Waals surface area contributed by atoms with Crippen LogP contribution in [0, 0.1) is 13.8 Å². The van der Waals surface area contributed by atoms with Gasteiger partial charge in [-0.2, -0.15) is 0 Å². The molecule has 0 saturated carbocycles. The predicted octanol–water partition coefficient (Wildman–Crippen LogP) is 3.60. The molecule has 20 heavy (non-hydrogen) atoms. The summed E-state index contributed by atoms with van der Waals surface area (Å²) >= 11 is 0. The Labute approximate surface area is 116 Å². The first-order valence-electron chi connectivity index (χ1n) is 6.42. The van der Waals surface area contributed by atoms with Gasteiger partial charge in [-0.25, -0.2) is 4.79 Å². The molecule has 4 nitrogen and oxygen atoms in total. The van der Waals surface area contributed by atoms with Gasteiger partial charge in [0.1, 0.15) is 5.76 Å². The fourth-order valence-corrected chi connectivity index (χ4v) is 2.42. The monoisotopic (exact) mass is 269 g/mol. The van der Waals surface area contributed by atoms with Crippen molar-refractivity contribution in [2.24, 2.45) is 0 Å². The highest BCUT2D eigenvalue weighted by Gasteiger charge is 2.13. The minimum Gasteiger partial charge on any atom is -0.475 e. The maximum absolute atomic E-state index is 10.9. The Kier molecular flexibility index (Phi) is 2.86. The molecule has 0 bridgehead atoms. The number of carbonyl (C=O) groups is 1. The minimum absolute atomic E-state index is 0.00944. The number of hydrogen-bond acceptors (Lipinski definition) is 2. The second-order valence-corrected chi connectivity index (χ2v) is 5.00. The van der Waals surface area contributed by atoms with Gasteiger partial charge in [0, 0.05) is 17.3 Å². The summed E-state index contributed by atoms with van der Waals surface area (Å²) in [4.78, 5) is 10.9. The Bertz CT molecular complexity index is 795. The van der Waals surface area contributed by atoms with E-state index in [0.717, 1.165) is 11.1 Å². The van der Waals surface area contributed by atoms with Gasteiger partial charge in [0.25, 0.3) is 0 Å².